The summed E-state index contributed by atoms with van der Waals surface area (Å²) in [7, 11) is 1.57. The number of nitrogen functional groups attached to an aromatic ring is 1. The van der Waals surface area contributed by atoms with Gasteiger partial charge in [0.05, 0.1) is 12.8 Å². The molecule has 0 heterocycles. The zero-order valence-corrected chi connectivity index (χ0v) is 14.7. The predicted octanol–water partition coefficient (Wildman–Crippen LogP) is 5.14. The van der Waals surface area contributed by atoms with Crippen molar-refractivity contribution in [2.45, 2.75) is 71.1 Å². The normalized spacial score (nSPS) is 10.5. The second kappa shape index (κ2) is 11.8. The minimum atomic E-state index is 0.0380. The Bertz CT molecular complexity index is 461. The maximum atomic E-state index is 12.0. The van der Waals surface area contributed by atoms with E-state index in [9.17, 15) is 4.79 Å². The molecule has 0 unspecified atom stereocenters. The summed E-state index contributed by atoms with van der Waals surface area (Å²) in [6.45, 7) is 2.24. The van der Waals surface area contributed by atoms with Crippen LogP contribution < -0.4 is 15.8 Å². The first-order valence-corrected chi connectivity index (χ1v) is 8.90. The van der Waals surface area contributed by atoms with Gasteiger partial charge in [-0.1, -0.05) is 58.3 Å². The number of ether oxygens (including phenoxy) is 1. The van der Waals surface area contributed by atoms with Crippen LogP contribution in [0.25, 0.3) is 0 Å². The first-order chi connectivity index (χ1) is 11.2. The number of methoxy groups -OCH3 is 1. The lowest BCUT2D eigenvalue weighted by molar-refractivity contribution is -0.116. The molecule has 0 atom stereocenters. The molecule has 0 spiro atoms. The summed E-state index contributed by atoms with van der Waals surface area (Å²) in [5.41, 5.74) is 7.01. The van der Waals surface area contributed by atoms with Crippen LogP contribution in [0, 0.1) is 0 Å². The van der Waals surface area contributed by atoms with E-state index in [-0.39, 0.29) is 5.91 Å². The third kappa shape index (κ3) is 8.48. The second-order valence-corrected chi connectivity index (χ2v) is 6.09. The zero-order valence-electron chi connectivity index (χ0n) is 14.7. The van der Waals surface area contributed by atoms with Crippen LogP contribution in [0.3, 0.4) is 0 Å². The van der Waals surface area contributed by atoms with E-state index in [1.165, 1.54) is 44.9 Å². The van der Waals surface area contributed by atoms with Crippen molar-refractivity contribution in [2.75, 3.05) is 18.2 Å². The van der Waals surface area contributed by atoms with Gasteiger partial charge in [-0.2, -0.15) is 0 Å². The minimum absolute atomic E-state index is 0.0380. The lowest BCUT2D eigenvalue weighted by atomic mass is 10.1. The Kier molecular flexibility index (Phi) is 9.92. The molecule has 23 heavy (non-hydrogen) atoms. The van der Waals surface area contributed by atoms with Gasteiger partial charge in [-0.3, -0.25) is 4.79 Å². The Hall–Kier alpha value is -1.71. The number of anilines is 2. The largest absolute Gasteiger partial charge is 0.494 e. The van der Waals surface area contributed by atoms with Crippen molar-refractivity contribution in [1.82, 2.24) is 0 Å². The van der Waals surface area contributed by atoms with Crippen molar-refractivity contribution in [3.05, 3.63) is 18.2 Å². The fourth-order valence-electron chi connectivity index (χ4n) is 2.62. The first-order valence-electron chi connectivity index (χ1n) is 8.90. The lowest BCUT2D eigenvalue weighted by Crippen LogP contribution is -2.12. The second-order valence-electron chi connectivity index (χ2n) is 6.09. The van der Waals surface area contributed by atoms with E-state index in [2.05, 4.69) is 12.2 Å². The summed E-state index contributed by atoms with van der Waals surface area (Å²) >= 11 is 0. The number of hydrogen-bond acceptors (Lipinski definition) is 3. The molecule has 1 rings (SSSR count). The van der Waals surface area contributed by atoms with E-state index in [0.717, 1.165) is 12.8 Å². The van der Waals surface area contributed by atoms with Gasteiger partial charge in [0.15, 0.2) is 0 Å². The topological polar surface area (TPSA) is 64.4 Å². The zero-order chi connectivity index (χ0) is 16.9. The summed E-state index contributed by atoms with van der Waals surface area (Å²) < 4.78 is 5.23. The van der Waals surface area contributed by atoms with Crippen LogP contribution in [0.2, 0.25) is 0 Å². The molecule has 4 nitrogen and oxygen atoms in total. The van der Waals surface area contributed by atoms with Gasteiger partial charge in [-0.15, -0.1) is 0 Å². The fourth-order valence-corrected chi connectivity index (χ4v) is 2.62. The van der Waals surface area contributed by atoms with Crippen molar-refractivity contribution in [1.29, 1.82) is 0 Å². The summed E-state index contributed by atoms with van der Waals surface area (Å²) in [5, 5.41) is 2.89. The molecule has 0 radical (unpaired) electrons. The van der Waals surface area contributed by atoms with Gasteiger partial charge >= 0.3 is 0 Å². The Morgan fingerprint density at radius 1 is 1.04 bits per heavy atom. The molecule has 0 aromatic heterocycles. The highest BCUT2D eigenvalue weighted by atomic mass is 16.5. The van der Waals surface area contributed by atoms with E-state index in [1.807, 2.05) is 0 Å². The van der Waals surface area contributed by atoms with E-state index < -0.39 is 0 Å². The van der Waals surface area contributed by atoms with Crippen molar-refractivity contribution < 1.29 is 9.53 Å². The molecule has 4 heteroatoms. The van der Waals surface area contributed by atoms with Crippen LogP contribution in [0.15, 0.2) is 18.2 Å². The quantitative estimate of drug-likeness (QED) is 0.414. The van der Waals surface area contributed by atoms with Gasteiger partial charge in [0.1, 0.15) is 5.75 Å². The van der Waals surface area contributed by atoms with Gasteiger partial charge in [0.25, 0.3) is 0 Å². The average molecular weight is 320 g/mol. The van der Waals surface area contributed by atoms with Gasteiger partial charge in [-0.25, -0.2) is 0 Å². The van der Waals surface area contributed by atoms with Crippen LogP contribution in [0.1, 0.15) is 71.1 Å². The number of nitrogens with two attached hydrogens (primary N) is 1. The molecule has 1 aromatic carbocycles. The SMILES string of the molecule is CCCCCCCCCCCC(=O)Nc1ccc(N)cc1OC. The smallest absolute Gasteiger partial charge is 0.224 e. The Labute approximate surface area is 140 Å². The summed E-state index contributed by atoms with van der Waals surface area (Å²) in [5.74, 6) is 0.640. The first kappa shape index (κ1) is 19.3. The van der Waals surface area contributed by atoms with E-state index in [0.29, 0.717) is 23.5 Å². The third-order valence-corrected chi connectivity index (χ3v) is 4.01. The maximum Gasteiger partial charge on any atom is 0.224 e. The predicted molar refractivity (Wildman–Crippen MR) is 97.9 cm³/mol. The fraction of sp³-hybridized carbons (Fsp3) is 0.632. The van der Waals surface area contributed by atoms with Crippen molar-refractivity contribution in [3.8, 4) is 5.75 Å². The van der Waals surface area contributed by atoms with Gasteiger partial charge in [-0.05, 0) is 18.6 Å². The van der Waals surface area contributed by atoms with E-state index >= 15 is 0 Å². The number of hydrogen-bond donors (Lipinski definition) is 2. The summed E-state index contributed by atoms with van der Waals surface area (Å²) in [4.78, 5) is 12.0. The van der Waals surface area contributed by atoms with Crippen LogP contribution >= 0.6 is 0 Å². The Balaban J connectivity index is 2.13. The van der Waals surface area contributed by atoms with Gasteiger partial charge < -0.3 is 15.8 Å². The summed E-state index contributed by atoms with van der Waals surface area (Å²) in [6, 6.07) is 5.26. The molecule has 3 N–H and O–H groups in total. The highest BCUT2D eigenvalue weighted by molar-refractivity contribution is 5.92. The number of carbonyl (C=O) groups is 1. The van der Waals surface area contributed by atoms with Crippen LogP contribution in [0.4, 0.5) is 11.4 Å². The van der Waals surface area contributed by atoms with E-state index in [4.69, 9.17) is 10.5 Å². The number of amides is 1. The van der Waals surface area contributed by atoms with Crippen molar-refractivity contribution in [3.63, 3.8) is 0 Å². The highest BCUT2D eigenvalue weighted by Gasteiger charge is 2.07. The Morgan fingerprint density at radius 2 is 1.65 bits per heavy atom. The Morgan fingerprint density at radius 3 is 2.26 bits per heavy atom. The third-order valence-electron chi connectivity index (χ3n) is 4.01. The van der Waals surface area contributed by atoms with Crippen LogP contribution in [-0.2, 0) is 4.79 Å². The number of nitrogens with one attached hydrogen (secondary N) is 1. The standard InChI is InChI=1S/C19H32N2O2/c1-3-4-5-6-7-8-9-10-11-12-19(22)21-17-14-13-16(20)15-18(17)23-2/h13-15H,3-12,20H2,1-2H3,(H,21,22). The summed E-state index contributed by atoms with van der Waals surface area (Å²) in [6.07, 6.45) is 11.8. The van der Waals surface area contributed by atoms with Crippen LogP contribution in [0.5, 0.6) is 5.75 Å². The molecule has 1 aromatic rings. The number of carbonyl (C=O) groups excluding carboxylic acids is 1. The minimum Gasteiger partial charge on any atom is -0.494 e. The molecule has 0 aliphatic carbocycles. The molecule has 0 aliphatic heterocycles. The van der Waals surface area contributed by atoms with Gasteiger partial charge in [0, 0.05) is 18.2 Å². The molecule has 0 saturated heterocycles. The maximum absolute atomic E-state index is 12.0. The molecule has 130 valence electrons. The molecule has 0 bridgehead atoms. The molecule has 0 fully saturated rings. The lowest BCUT2D eigenvalue weighted by Gasteiger charge is -2.10. The molecular weight excluding hydrogens is 288 g/mol. The number of benzene rings is 1. The number of rotatable bonds is 12. The van der Waals surface area contributed by atoms with Crippen molar-refractivity contribution in [2.24, 2.45) is 0 Å². The molecular formula is C19H32N2O2. The van der Waals surface area contributed by atoms with Gasteiger partial charge in [0.2, 0.25) is 5.91 Å². The molecule has 1 amide bonds. The molecule has 0 saturated carbocycles. The number of unbranched alkanes of at least 4 members (excludes halogenated alkanes) is 8. The average Bonchev–Trinajstić information content (AvgIpc) is 2.55. The highest BCUT2D eigenvalue weighted by Crippen LogP contribution is 2.26. The van der Waals surface area contributed by atoms with E-state index in [1.54, 1.807) is 25.3 Å². The molecule has 0 aliphatic rings. The van der Waals surface area contributed by atoms with Crippen LogP contribution in [-0.4, -0.2) is 13.0 Å². The van der Waals surface area contributed by atoms with Crippen molar-refractivity contribution >= 4 is 17.3 Å². The monoisotopic (exact) mass is 320 g/mol.